The van der Waals surface area contributed by atoms with E-state index < -0.39 is 12.0 Å². The SMILES string of the molecule is CCOC(=O)C1=C(C)NC(=S)N[C@H]1c1cc(Br)c(O)c(OC)c1. The second-order valence-electron chi connectivity index (χ2n) is 4.84. The predicted octanol–water partition coefficient (Wildman–Crippen LogP) is 2.52. The number of thiocarbonyl (C=S) groups is 1. The van der Waals surface area contributed by atoms with E-state index in [1.54, 1.807) is 26.0 Å². The third-order valence-corrected chi connectivity index (χ3v) is 4.19. The highest BCUT2D eigenvalue weighted by atomic mass is 79.9. The van der Waals surface area contributed by atoms with Crippen molar-refractivity contribution in [1.82, 2.24) is 10.6 Å². The van der Waals surface area contributed by atoms with E-state index >= 15 is 0 Å². The Morgan fingerprint density at radius 2 is 2.17 bits per heavy atom. The Morgan fingerprint density at radius 1 is 1.48 bits per heavy atom. The average molecular weight is 401 g/mol. The van der Waals surface area contributed by atoms with Crippen LogP contribution in [0.15, 0.2) is 27.9 Å². The number of phenolic OH excluding ortho intramolecular Hbond substituents is 1. The Kier molecular flexibility index (Phi) is 5.48. The Morgan fingerprint density at radius 3 is 2.78 bits per heavy atom. The summed E-state index contributed by atoms with van der Waals surface area (Å²) in [6.45, 7) is 3.78. The molecule has 3 N–H and O–H groups in total. The summed E-state index contributed by atoms with van der Waals surface area (Å²) in [6, 6.07) is 2.85. The van der Waals surface area contributed by atoms with Crippen molar-refractivity contribution in [3.05, 3.63) is 33.4 Å². The lowest BCUT2D eigenvalue weighted by Gasteiger charge is -2.30. The summed E-state index contributed by atoms with van der Waals surface area (Å²) >= 11 is 8.47. The van der Waals surface area contributed by atoms with Crippen LogP contribution in [0.25, 0.3) is 0 Å². The highest BCUT2D eigenvalue weighted by molar-refractivity contribution is 9.10. The standard InChI is InChI=1S/C15H17BrN2O4S/c1-4-22-14(20)11-7(2)17-15(23)18-12(11)8-5-9(16)13(19)10(6-8)21-3/h5-6,12,19H,4H2,1-3H3,(H2,17,18,23)/t12-/m0/s1. The normalized spacial score (nSPS) is 17.4. The summed E-state index contributed by atoms with van der Waals surface area (Å²) in [4.78, 5) is 12.3. The van der Waals surface area contributed by atoms with Gasteiger partial charge in [-0.3, -0.25) is 0 Å². The summed E-state index contributed by atoms with van der Waals surface area (Å²) < 4.78 is 10.8. The fourth-order valence-electron chi connectivity index (χ4n) is 2.34. The van der Waals surface area contributed by atoms with Crippen molar-refractivity contribution in [2.24, 2.45) is 0 Å². The third kappa shape index (κ3) is 3.59. The molecule has 1 aliphatic rings. The molecule has 1 aliphatic heterocycles. The fraction of sp³-hybridized carbons (Fsp3) is 0.333. The number of benzene rings is 1. The van der Waals surface area contributed by atoms with Crippen LogP contribution in [0.1, 0.15) is 25.5 Å². The van der Waals surface area contributed by atoms with Gasteiger partial charge in [0.2, 0.25) is 0 Å². The molecule has 0 aliphatic carbocycles. The number of carbonyl (C=O) groups excluding carboxylic acids is 1. The largest absolute Gasteiger partial charge is 0.503 e. The lowest BCUT2D eigenvalue weighted by atomic mass is 9.95. The summed E-state index contributed by atoms with van der Waals surface area (Å²) in [5.74, 6) is -0.145. The number of carbonyl (C=O) groups is 1. The van der Waals surface area contributed by atoms with Crippen LogP contribution >= 0.6 is 28.1 Å². The molecule has 1 atom stereocenters. The molecule has 6 nitrogen and oxygen atoms in total. The average Bonchev–Trinajstić information content (AvgIpc) is 2.49. The van der Waals surface area contributed by atoms with E-state index in [2.05, 4.69) is 26.6 Å². The second-order valence-corrected chi connectivity index (χ2v) is 6.11. The maximum atomic E-state index is 12.3. The molecule has 0 bridgehead atoms. The zero-order valence-corrected chi connectivity index (χ0v) is 15.3. The molecule has 8 heteroatoms. The van der Waals surface area contributed by atoms with Gasteiger partial charge in [0, 0.05) is 5.70 Å². The number of hydrogen-bond donors (Lipinski definition) is 3. The molecule has 2 rings (SSSR count). The van der Waals surface area contributed by atoms with E-state index in [-0.39, 0.29) is 12.4 Å². The molecule has 0 fully saturated rings. The van der Waals surface area contributed by atoms with E-state index in [9.17, 15) is 9.90 Å². The number of rotatable bonds is 4. The quantitative estimate of drug-likeness (QED) is 0.529. The molecule has 0 spiro atoms. The topological polar surface area (TPSA) is 79.8 Å². The molecule has 0 radical (unpaired) electrons. The maximum Gasteiger partial charge on any atom is 0.338 e. The van der Waals surface area contributed by atoms with E-state index in [0.717, 1.165) is 0 Å². The molecule has 0 saturated carbocycles. The Hall–Kier alpha value is -1.80. The molecule has 0 saturated heterocycles. The zero-order valence-electron chi connectivity index (χ0n) is 12.9. The van der Waals surface area contributed by atoms with Gasteiger partial charge in [-0.1, -0.05) is 0 Å². The van der Waals surface area contributed by atoms with Gasteiger partial charge in [0.15, 0.2) is 16.6 Å². The van der Waals surface area contributed by atoms with Crippen molar-refractivity contribution < 1.29 is 19.4 Å². The molecule has 1 aromatic rings. The van der Waals surface area contributed by atoms with Crippen LogP contribution in [0.4, 0.5) is 0 Å². The number of esters is 1. The summed E-state index contributed by atoms with van der Waals surface area (Å²) in [6.07, 6.45) is 0. The van der Waals surface area contributed by atoms with E-state index in [1.165, 1.54) is 7.11 Å². The molecule has 1 aromatic carbocycles. The number of hydrogen-bond acceptors (Lipinski definition) is 5. The number of methoxy groups -OCH3 is 1. The van der Waals surface area contributed by atoms with Gasteiger partial charge < -0.3 is 25.2 Å². The van der Waals surface area contributed by atoms with Gasteiger partial charge in [-0.25, -0.2) is 4.79 Å². The van der Waals surface area contributed by atoms with Crippen molar-refractivity contribution in [2.45, 2.75) is 19.9 Å². The van der Waals surface area contributed by atoms with Crippen LogP contribution in [0.5, 0.6) is 11.5 Å². The van der Waals surface area contributed by atoms with Gasteiger partial charge in [-0.15, -0.1) is 0 Å². The molecular formula is C15H17BrN2O4S. The lowest BCUT2D eigenvalue weighted by molar-refractivity contribution is -0.139. The van der Waals surface area contributed by atoms with Crippen LogP contribution in [0.3, 0.4) is 0 Å². The first-order chi connectivity index (χ1) is 10.9. The Labute approximate surface area is 148 Å². The van der Waals surface area contributed by atoms with Crippen LogP contribution < -0.4 is 15.4 Å². The van der Waals surface area contributed by atoms with Crippen molar-refractivity contribution in [3.8, 4) is 11.5 Å². The molecule has 1 heterocycles. The highest BCUT2D eigenvalue weighted by Gasteiger charge is 2.31. The van der Waals surface area contributed by atoms with Crippen LogP contribution in [-0.4, -0.2) is 29.9 Å². The number of nitrogens with one attached hydrogen (secondary N) is 2. The molecule has 0 unspecified atom stereocenters. The van der Waals surface area contributed by atoms with Gasteiger partial charge in [0.1, 0.15) is 0 Å². The first-order valence-electron chi connectivity index (χ1n) is 6.90. The fourth-order valence-corrected chi connectivity index (χ4v) is 3.07. The maximum absolute atomic E-state index is 12.3. The minimum Gasteiger partial charge on any atom is -0.503 e. The Balaban J connectivity index is 2.54. The van der Waals surface area contributed by atoms with Gasteiger partial charge >= 0.3 is 5.97 Å². The zero-order chi connectivity index (χ0) is 17.1. The summed E-state index contributed by atoms with van der Waals surface area (Å²) in [7, 11) is 1.46. The molecular weight excluding hydrogens is 384 g/mol. The number of ether oxygens (including phenoxy) is 2. The number of halogens is 1. The molecule has 0 amide bonds. The van der Waals surface area contributed by atoms with Crippen LogP contribution in [0.2, 0.25) is 0 Å². The van der Waals surface area contributed by atoms with Crippen LogP contribution in [0, 0.1) is 0 Å². The van der Waals surface area contributed by atoms with Crippen molar-refractivity contribution in [2.75, 3.05) is 13.7 Å². The first-order valence-corrected chi connectivity index (χ1v) is 8.11. The van der Waals surface area contributed by atoms with E-state index in [1.807, 2.05) is 0 Å². The number of allylic oxidation sites excluding steroid dienone is 1. The van der Waals surface area contributed by atoms with Gasteiger partial charge in [-0.2, -0.15) is 0 Å². The van der Waals surface area contributed by atoms with Crippen LogP contribution in [-0.2, 0) is 9.53 Å². The smallest absolute Gasteiger partial charge is 0.338 e. The number of phenols is 1. The molecule has 23 heavy (non-hydrogen) atoms. The lowest BCUT2D eigenvalue weighted by Crippen LogP contribution is -2.45. The van der Waals surface area contributed by atoms with Crippen molar-refractivity contribution in [3.63, 3.8) is 0 Å². The Bertz CT molecular complexity index is 690. The molecule has 0 aromatic heterocycles. The number of aromatic hydroxyl groups is 1. The highest BCUT2D eigenvalue weighted by Crippen LogP contribution is 2.39. The van der Waals surface area contributed by atoms with Gasteiger partial charge in [-0.05, 0) is 59.7 Å². The van der Waals surface area contributed by atoms with E-state index in [4.69, 9.17) is 21.7 Å². The minimum absolute atomic E-state index is 0.00820. The van der Waals surface area contributed by atoms with E-state index in [0.29, 0.717) is 32.2 Å². The summed E-state index contributed by atoms with van der Waals surface area (Å²) in [5, 5.41) is 16.3. The minimum atomic E-state index is -0.506. The van der Waals surface area contributed by atoms with Crippen molar-refractivity contribution >= 4 is 39.2 Å². The van der Waals surface area contributed by atoms with Gasteiger partial charge in [0.05, 0.1) is 29.8 Å². The predicted molar refractivity (Wildman–Crippen MR) is 93.3 cm³/mol. The van der Waals surface area contributed by atoms with Crippen molar-refractivity contribution in [1.29, 1.82) is 0 Å². The summed E-state index contributed by atoms with van der Waals surface area (Å²) in [5.41, 5.74) is 1.76. The second kappa shape index (κ2) is 7.18. The molecule has 124 valence electrons. The first kappa shape index (κ1) is 17.6. The monoisotopic (exact) mass is 400 g/mol. The van der Waals surface area contributed by atoms with Gasteiger partial charge in [0.25, 0.3) is 0 Å². The third-order valence-electron chi connectivity index (χ3n) is 3.37.